The van der Waals surface area contributed by atoms with Crippen LogP contribution in [0.5, 0.6) is 17.2 Å². The number of aromatic hydroxyl groups is 2. The van der Waals surface area contributed by atoms with E-state index in [0.29, 0.717) is 11.1 Å². The summed E-state index contributed by atoms with van der Waals surface area (Å²) in [6, 6.07) is 8.75. The highest BCUT2D eigenvalue weighted by atomic mass is 16.5. The second-order valence-corrected chi connectivity index (χ2v) is 4.83. The van der Waals surface area contributed by atoms with Crippen molar-refractivity contribution in [1.82, 2.24) is 0 Å². The number of phenols is 2. The summed E-state index contributed by atoms with van der Waals surface area (Å²) in [6.07, 6.45) is 0.0307. The van der Waals surface area contributed by atoms with Gasteiger partial charge in [0.2, 0.25) is 0 Å². The van der Waals surface area contributed by atoms with Gasteiger partial charge in [0, 0.05) is 12.5 Å². The summed E-state index contributed by atoms with van der Waals surface area (Å²) in [5, 5.41) is 19.4. The fourth-order valence-electron chi connectivity index (χ4n) is 2.10. The molecule has 6 heteroatoms. The van der Waals surface area contributed by atoms with Crippen LogP contribution in [0.3, 0.4) is 0 Å². The maximum absolute atomic E-state index is 12.3. The average Bonchev–Trinajstić information content (AvgIpc) is 2.54. The molecule has 0 bridgehead atoms. The minimum Gasteiger partial charge on any atom is -0.507 e. The first-order valence-electron chi connectivity index (χ1n) is 6.76. The highest BCUT2D eigenvalue weighted by molar-refractivity contribution is 6.00. The van der Waals surface area contributed by atoms with Crippen LogP contribution >= 0.6 is 0 Å². The van der Waals surface area contributed by atoms with Crippen LogP contribution in [-0.4, -0.2) is 36.2 Å². The predicted molar refractivity (Wildman–Crippen MR) is 82.1 cm³/mol. The van der Waals surface area contributed by atoms with Crippen molar-refractivity contribution in [3.8, 4) is 17.2 Å². The molecule has 0 aliphatic rings. The lowest BCUT2D eigenvalue weighted by atomic mass is 10.0. The summed E-state index contributed by atoms with van der Waals surface area (Å²) in [6.45, 7) is 0. The Morgan fingerprint density at radius 2 is 1.65 bits per heavy atom. The number of hydrogen-bond donors (Lipinski definition) is 2. The van der Waals surface area contributed by atoms with E-state index in [1.807, 2.05) is 0 Å². The van der Waals surface area contributed by atoms with Gasteiger partial charge >= 0.3 is 5.97 Å². The first kappa shape index (κ1) is 16.4. The van der Waals surface area contributed by atoms with E-state index in [4.69, 9.17) is 4.74 Å². The molecule has 2 rings (SSSR count). The van der Waals surface area contributed by atoms with Crippen LogP contribution in [0.25, 0.3) is 0 Å². The zero-order valence-corrected chi connectivity index (χ0v) is 12.7. The number of ketones is 1. The predicted octanol–water partition coefficient (Wildman–Crippen LogP) is 2.32. The standard InChI is InChI=1S/C17H16O6/c1-22-16-8-12(14(19)9-15(16)20)13(18)7-10-3-5-11(6-4-10)17(21)23-2/h3-6,8-9,19-20H,7H2,1-2H3. The summed E-state index contributed by atoms with van der Waals surface area (Å²) in [5.41, 5.74) is 1.11. The lowest BCUT2D eigenvalue weighted by Crippen LogP contribution is -2.06. The Morgan fingerprint density at radius 1 is 1.00 bits per heavy atom. The van der Waals surface area contributed by atoms with Gasteiger partial charge in [-0.1, -0.05) is 12.1 Å². The number of ether oxygens (including phenoxy) is 2. The number of carbonyl (C=O) groups is 2. The highest BCUT2D eigenvalue weighted by Gasteiger charge is 2.16. The molecule has 0 saturated carbocycles. The van der Waals surface area contributed by atoms with Crippen LogP contribution in [0.4, 0.5) is 0 Å². The lowest BCUT2D eigenvalue weighted by Gasteiger charge is -2.09. The van der Waals surface area contributed by atoms with Crippen molar-refractivity contribution >= 4 is 11.8 Å². The molecule has 0 fully saturated rings. The molecule has 2 aromatic rings. The van der Waals surface area contributed by atoms with Crippen LogP contribution in [0, 0.1) is 0 Å². The van der Waals surface area contributed by atoms with Crippen LogP contribution in [0.15, 0.2) is 36.4 Å². The minimum atomic E-state index is -0.455. The normalized spacial score (nSPS) is 10.2. The molecule has 0 heterocycles. The van der Waals surface area contributed by atoms with E-state index in [2.05, 4.69) is 4.74 Å². The van der Waals surface area contributed by atoms with E-state index >= 15 is 0 Å². The SMILES string of the molecule is COC(=O)c1ccc(CC(=O)c2cc(OC)c(O)cc2O)cc1. The van der Waals surface area contributed by atoms with E-state index in [9.17, 15) is 19.8 Å². The number of Topliss-reactive ketones (excluding diaryl/α,β-unsaturated/α-hetero) is 1. The van der Waals surface area contributed by atoms with Crippen molar-refractivity contribution in [3.05, 3.63) is 53.1 Å². The fourth-order valence-corrected chi connectivity index (χ4v) is 2.10. The molecule has 0 atom stereocenters. The number of esters is 1. The maximum Gasteiger partial charge on any atom is 0.337 e. The van der Waals surface area contributed by atoms with Crippen molar-refractivity contribution in [2.24, 2.45) is 0 Å². The van der Waals surface area contributed by atoms with Crippen molar-refractivity contribution < 1.29 is 29.3 Å². The summed E-state index contributed by atoms with van der Waals surface area (Å²) < 4.78 is 9.53. The molecule has 0 radical (unpaired) electrons. The Bertz CT molecular complexity index is 733. The molecule has 0 spiro atoms. The Hall–Kier alpha value is -3.02. The van der Waals surface area contributed by atoms with Crippen molar-refractivity contribution in [2.45, 2.75) is 6.42 Å². The quantitative estimate of drug-likeness (QED) is 0.649. The number of carbonyl (C=O) groups excluding carboxylic acids is 2. The molecule has 6 nitrogen and oxygen atoms in total. The second kappa shape index (κ2) is 6.83. The molecule has 2 aromatic carbocycles. The fraction of sp³-hybridized carbons (Fsp3) is 0.176. The molecule has 0 saturated heterocycles. The number of methoxy groups -OCH3 is 2. The molecule has 0 aliphatic heterocycles. The number of hydrogen-bond acceptors (Lipinski definition) is 6. The third kappa shape index (κ3) is 3.60. The second-order valence-electron chi connectivity index (χ2n) is 4.83. The van der Waals surface area contributed by atoms with Crippen LogP contribution in [-0.2, 0) is 11.2 Å². The molecule has 0 amide bonds. The van der Waals surface area contributed by atoms with Crippen molar-refractivity contribution in [1.29, 1.82) is 0 Å². The van der Waals surface area contributed by atoms with Gasteiger partial charge in [-0.25, -0.2) is 4.79 Å². The summed E-state index contributed by atoms with van der Waals surface area (Å²) >= 11 is 0. The van der Waals surface area contributed by atoms with E-state index in [0.717, 1.165) is 6.07 Å². The Balaban J connectivity index is 2.20. The molecule has 23 heavy (non-hydrogen) atoms. The molecule has 0 unspecified atom stereocenters. The number of benzene rings is 2. The molecular formula is C17H16O6. The molecule has 2 N–H and O–H groups in total. The third-order valence-electron chi connectivity index (χ3n) is 3.34. The van der Waals surface area contributed by atoms with Gasteiger partial charge < -0.3 is 19.7 Å². The lowest BCUT2D eigenvalue weighted by molar-refractivity contribution is 0.0600. The van der Waals surface area contributed by atoms with Gasteiger partial charge in [-0.15, -0.1) is 0 Å². The topological polar surface area (TPSA) is 93.1 Å². The van der Waals surface area contributed by atoms with E-state index in [1.165, 1.54) is 20.3 Å². The summed E-state index contributed by atoms with van der Waals surface area (Å²) in [7, 11) is 2.65. The number of phenolic OH excluding ortho intramolecular Hbond substituents is 2. The molecule has 120 valence electrons. The van der Waals surface area contributed by atoms with Crippen LogP contribution < -0.4 is 4.74 Å². The van der Waals surface area contributed by atoms with Gasteiger partial charge in [0.1, 0.15) is 5.75 Å². The number of rotatable bonds is 5. The van der Waals surface area contributed by atoms with Gasteiger partial charge in [-0.3, -0.25) is 4.79 Å². The van der Waals surface area contributed by atoms with Crippen LogP contribution in [0.2, 0.25) is 0 Å². The highest BCUT2D eigenvalue weighted by Crippen LogP contribution is 2.33. The zero-order chi connectivity index (χ0) is 17.0. The van der Waals surface area contributed by atoms with Crippen molar-refractivity contribution in [2.75, 3.05) is 14.2 Å². The van der Waals surface area contributed by atoms with Gasteiger partial charge in [0.25, 0.3) is 0 Å². The van der Waals surface area contributed by atoms with Gasteiger partial charge in [0.05, 0.1) is 25.3 Å². The molecular weight excluding hydrogens is 300 g/mol. The Kier molecular flexibility index (Phi) is 4.85. The summed E-state index contributed by atoms with van der Waals surface area (Å²) in [4.78, 5) is 23.7. The maximum atomic E-state index is 12.3. The first-order chi connectivity index (χ1) is 11.0. The Labute approximate surface area is 132 Å². The van der Waals surface area contributed by atoms with Crippen LogP contribution in [0.1, 0.15) is 26.3 Å². The largest absolute Gasteiger partial charge is 0.507 e. The summed E-state index contributed by atoms with van der Waals surface area (Å²) in [5.74, 6) is -1.26. The minimum absolute atomic E-state index is 0.0307. The van der Waals surface area contributed by atoms with Gasteiger partial charge in [0.15, 0.2) is 17.3 Å². The van der Waals surface area contributed by atoms with E-state index < -0.39 is 5.97 Å². The first-order valence-corrected chi connectivity index (χ1v) is 6.76. The Morgan fingerprint density at radius 3 is 2.22 bits per heavy atom. The zero-order valence-electron chi connectivity index (χ0n) is 12.7. The van der Waals surface area contributed by atoms with Crippen molar-refractivity contribution in [3.63, 3.8) is 0 Å². The molecule has 0 aromatic heterocycles. The third-order valence-corrected chi connectivity index (χ3v) is 3.34. The van der Waals surface area contributed by atoms with Gasteiger partial charge in [-0.2, -0.15) is 0 Å². The smallest absolute Gasteiger partial charge is 0.337 e. The monoisotopic (exact) mass is 316 g/mol. The van der Waals surface area contributed by atoms with E-state index in [-0.39, 0.29) is 35.0 Å². The average molecular weight is 316 g/mol. The van der Waals surface area contributed by atoms with Gasteiger partial charge in [-0.05, 0) is 23.8 Å². The van der Waals surface area contributed by atoms with E-state index in [1.54, 1.807) is 24.3 Å². The molecule has 0 aliphatic carbocycles.